The zero-order valence-corrected chi connectivity index (χ0v) is 25.7. The summed E-state index contributed by atoms with van der Waals surface area (Å²) in [6.07, 6.45) is 3.13. The molecule has 0 spiro atoms. The number of imide groups is 1. The molecular weight excluding hydrogens is 600 g/mol. The average Bonchev–Trinajstić information content (AvgIpc) is 3.42. The van der Waals surface area contributed by atoms with Crippen molar-refractivity contribution in [3.63, 3.8) is 0 Å². The lowest BCUT2D eigenvalue weighted by molar-refractivity contribution is -0.197. The second-order valence-corrected chi connectivity index (χ2v) is 12.5. The molecule has 9 rings (SSSR count). The van der Waals surface area contributed by atoms with Gasteiger partial charge in [-0.15, -0.1) is 5.06 Å². The van der Waals surface area contributed by atoms with E-state index in [0.717, 1.165) is 70.6 Å². The molecule has 8 aromatic rings. The highest BCUT2D eigenvalue weighted by Crippen LogP contribution is 2.47. The number of hydroxylamine groups is 2. The minimum Gasteiger partial charge on any atom is -0.330 e. The fourth-order valence-electron chi connectivity index (χ4n) is 7.73. The second kappa shape index (κ2) is 10.7. The minimum absolute atomic E-state index is 0.0721. The molecule has 230 valence electrons. The van der Waals surface area contributed by atoms with Gasteiger partial charge < -0.3 is 4.84 Å². The van der Waals surface area contributed by atoms with E-state index in [1.807, 2.05) is 12.1 Å². The summed E-state index contributed by atoms with van der Waals surface area (Å²) in [5, 5.41) is 14.0. The lowest BCUT2D eigenvalue weighted by atomic mass is 9.84. The monoisotopic (exact) mass is 626 g/mol. The normalized spacial score (nSPS) is 13.6. The van der Waals surface area contributed by atoms with Crippen molar-refractivity contribution in [1.82, 2.24) is 5.06 Å². The first-order valence-corrected chi connectivity index (χ1v) is 16.0. The van der Waals surface area contributed by atoms with Crippen molar-refractivity contribution in [1.29, 1.82) is 0 Å². The Bertz CT molecular complexity index is 2690. The van der Waals surface area contributed by atoms with Crippen LogP contribution in [0.1, 0.15) is 31.2 Å². The SMILES string of the molecule is O=C=Nc1ccc2ccc3cccc4c(-c5cc6ccc(CCCC(=O)ON7C(=O)CCC7=O)c7ccc8cccc5c8c67)cc1c2c34. The summed E-state index contributed by atoms with van der Waals surface area (Å²) in [6.45, 7) is 0. The van der Waals surface area contributed by atoms with Gasteiger partial charge in [-0.3, -0.25) is 9.59 Å². The Kier molecular flexibility index (Phi) is 6.26. The first-order chi connectivity index (χ1) is 23.5. The van der Waals surface area contributed by atoms with E-state index in [1.54, 1.807) is 6.08 Å². The number of benzene rings is 8. The van der Waals surface area contributed by atoms with Crippen LogP contribution in [0, 0.1) is 0 Å². The third-order valence-electron chi connectivity index (χ3n) is 9.84. The number of amides is 2. The van der Waals surface area contributed by atoms with E-state index in [0.29, 0.717) is 23.6 Å². The molecule has 0 unspecified atom stereocenters. The molecule has 7 heteroatoms. The summed E-state index contributed by atoms with van der Waals surface area (Å²) < 4.78 is 0. The Morgan fingerprint density at radius 2 is 1.25 bits per heavy atom. The quantitative estimate of drug-likeness (QED) is 0.0762. The Morgan fingerprint density at radius 3 is 1.96 bits per heavy atom. The number of aliphatic imine (C=N–C) groups is 1. The van der Waals surface area contributed by atoms with Crippen molar-refractivity contribution in [3.05, 3.63) is 103 Å². The van der Waals surface area contributed by atoms with Gasteiger partial charge in [0, 0.05) is 24.6 Å². The number of rotatable bonds is 7. The molecule has 1 aliphatic rings. The van der Waals surface area contributed by atoms with Gasteiger partial charge in [-0.05, 0) is 107 Å². The van der Waals surface area contributed by atoms with E-state index in [2.05, 4.69) is 89.9 Å². The topological polar surface area (TPSA) is 93.1 Å². The predicted molar refractivity (Wildman–Crippen MR) is 187 cm³/mol. The van der Waals surface area contributed by atoms with Crippen LogP contribution in [0.5, 0.6) is 0 Å². The van der Waals surface area contributed by atoms with Crippen LogP contribution in [-0.4, -0.2) is 28.9 Å². The van der Waals surface area contributed by atoms with Gasteiger partial charge >= 0.3 is 5.97 Å². The zero-order valence-electron chi connectivity index (χ0n) is 25.7. The number of carbonyl (C=O) groups excluding carboxylic acids is 4. The maximum atomic E-state index is 12.5. The molecule has 7 nitrogen and oxygen atoms in total. The van der Waals surface area contributed by atoms with Crippen molar-refractivity contribution in [3.8, 4) is 11.1 Å². The molecule has 1 fully saturated rings. The molecule has 0 atom stereocenters. The largest absolute Gasteiger partial charge is 0.333 e. The maximum Gasteiger partial charge on any atom is 0.333 e. The van der Waals surface area contributed by atoms with Gasteiger partial charge in [0.2, 0.25) is 6.08 Å². The van der Waals surface area contributed by atoms with E-state index in [9.17, 15) is 19.2 Å². The summed E-state index contributed by atoms with van der Waals surface area (Å²) in [7, 11) is 0. The summed E-state index contributed by atoms with van der Waals surface area (Å²) in [6, 6.07) is 34.0. The predicted octanol–water partition coefficient (Wildman–Crippen LogP) is 9.05. The van der Waals surface area contributed by atoms with E-state index in [4.69, 9.17) is 4.84 Å². The molecule has 1 heterocycles. The molecule has 1 saturated heterocycles. The third-order valence-corrected chi connectivity index (χ3v) is 9.84. The molecule has 48 heavy (non-hydrogen) atoms. The number of isocyanates is 1. The lowest BCUT2D eigenvalue weighted by Crippen LogP contribution is -2.31. The molecule has 0 bridgehead atoms. The molecule has 2 amide bonds. The van der Waals surface area contributed by atoms with Crippen LogP contribution in [-0.2, 0) is 30.4 Å². The number of nitrogens with zero attached hydrogens (tertiary/aromatic N) is 2. The fourth-order valence-corrected chi connectivity index (χ4v) is 7.73. The van der Waals surface area contributed by atoms with Gasteiger partial charge in [0.15, 0.2) is 0 Å². The molecule has 0 aromatic heterocycles. The summed E-state index contributed by atoms with van der Waals surface area (Å²) >= 11 is 0. The Hall–Kier alpha value is -6.17. The highest BCUT2D eigenvalue weighted by Gasteiger charge is 2.32. The summed E-state index contributed by atoms with van der Waals surface area (Å²) in [5.41, 5.74) is 3.88. The second-order valence-electron chi connectivity index (χ2n) is 12.5. The zero-order chi connectivity index (χ0) is 32.5. The first kappa shape index (κ1) is 28.1. The maximum absolute atomic E-state index is 12.5. The Balaban J connectivity index is 1.18. The van der Waals surface area contributed by atoms with E-state index in [1.165, 1.54) is 10.8 Å². The van der Waals surface area contributed by atoms with Crippen LogP contribution in [0.2, 0.25) is 0 Å². The third kappa shape index (κ3) is 4.18. The molecular formula is C41H26N2O5. The molecule has 0 N–H and O–H groups in total. The van der Waals surface area contributed by atoms with Crippen molar-refractivity contribution < 1.29 is 24.0 Å². The van der Waals surface area contributed by atoms with Crippen molar-refractivity contribution in [2.24, 2.45) is 4.99 Å². The van der Waals surface area contributed by atoms with Crippen LogP contribution in [0.4, 0.5) is 5.69 Å². The number of hydrogen-bond donors (Lipinski definition) is 0. The van der Waals surface area contributed by atoms with Gasteiger partial charge in [0.05, 0.1) is 5.69 Å². The standard InChI is InChI=1S/C41H26N2O5/c44-22-42-34-17-15-26-12-11-24-5-1-8-30-32(21-33(34)40(26)38(24)30)31-20-27-13-10-23(4-3-9-37(47)48-43-35(45)18-19-36(43)46)28-16-14-25-6-2-7-29(31)39(25)41(27)28/h1-2,5-8,10-17,20-21H,3-4,9,18-19H2. The first-order valence-electron chi connectivity index (χ1n) is 16.0. The lowest BCUT2D eigenvalue weighted by Gasteiger charge is -2.20. The van der Waals surface area contributed by atoms with E-state index < -0.39 is 17.8 Å². The Morgan fingerprint density at radius 1 is 0.667 bits per heavy atom. The minimum atomic E-state index is -0.587. The van der Waals surface area contributed by atoms with Gasteiger partial charge in [-0.25, -0.2) is 9.59 Å². The van der Waals surface area contributed by atoms with Crippen LogP contribution in [0.15, 0.2) is 102 Å². The molecule has 0 saturated carbocycles. The van der Waals surface area contributed by atoms with Gasteiger partial charge in [0.25, 0.3) is 11.8 Å². The average molecular weight is 627 g/mol. The van der Waals surface area contributed by atoms with Crippen molar-refractivity contribution in [2.45, 2.75) is 32.1 Å². The van der Waals surface area contributed by atoms with Crippen LogP contribution >= 0.6 is 0 Å². The molecule has 8 aromatic carbocycles. The van der Waals surface area contributed by atoms with Gasteiger partial charge in [-0.2, -0.15) is 4.99 Å². The fraction of sp³-hybridized carbons (Fsp3) is 0.122. The smallest absolute Gasteiger partial charge is 0.330 e. The van der Waals surface area contributed by atoms with Crippen molar-refractivity contribution in [2.75, 3.05) is 0 Å². The summed E-state index contributed by atoms with van der Waals surface area (Å²) in [5.74, 6) is -1.54. The molecule has 0 radical (unpaired) electrons. The highest BCUT2D eigenvalue weighted by atomic mass is 16.7. The number of hydrogen-bond acceptors (Lipinski definition) is 6. The van der Waals surface area contributed by atoms with Crippen LogP contribution < -0.4 is 0 Å². The van der Waals surface area contributed by atoms with E-state index >= 15 is 0 Å². The molecule has 1 aliphatic heterocycles. The Labute approximate surface area is 273 Å². The number of aryl methyl sites for hydroxylation is 1. The summed E-state index contributed by atoms with van der Waals surface area (Å²) in [4.78, 5) is 56.8. The van der Waals surface area contributed by atoms with Crippen molar-refractivity contribution >= 4 is 94.2 Å². The highest BCUT2D eigenvalue weighted by molar-refractivity contribution is 6.32. The van der Waals surface area contributed by atoms with Gasteiger partial charge in [-0.1, -0.05) is 78.9 Å². The molecule has 0 aliphatic carbocycles. The van der Waals surface area contributed by atoms with Gasteiger partial charge in [0.1, 0.15) is 0 Å². The number of carbonyl (C=O) groups is 3. The van der Waals surface area contributed by atoms with E-state index in [-0.39, 0.29) is 19.3 Å². The van der Waals surface area contributed by atoms with Crippen LogP contribution in [0.25, 0.3) is 75.8 Å². The van der Waals surface area contributed by atoms with Crippen LogP contribution in [0.3, 0.4) is 0 Å².